The first-order valence-corrected chi connectivity index (χ1v) is 11.1. The molecule has 1 N–H and O–H groups in total. The van der Waals surface area contributed by atoms with Crippen LogP contribution in [0.5, 0.6) is 5.75 Å². The number of rotatable bonds is 5. The van der Waals surface area contributed by atoms with E-state index in [0.717, 1.165) is 27.6 Å². The Labute approximate surface area is 172 Å². The lowest BCUT2D eigenvalue weighted by molar-refractivity contribution is 0.0743. The number of piperazine rings is 1. The molecule has 0 bridgehead atoms. The van der Waals surface area contributed by atoms with Crippen LogP contribution in [0, 0.1) is 0 Å². The Balaban J connectivity index is 1.42. The number of aromatic hydroxyl groups is 1. The van der Waals surface area contributed by atoms with Crippen LogP contribution in [0.1, 0.15) is 16.1 Å². The average Bonchev–Trinajstić information content (AvgIpc) is 3.26. The molecule has 1 fully saturated rings. The molecule has 0 spiro atoms. The topological polar surface area (TPSA) is 56.7 Å². The third-order valence-corrected chi connectivity index (χ3v) is 6.51. The molecule has 0 unspecified atom stereocenters. The molecule has 0 atom stereocenters. The molecule has 2 aromatic carbocycles. The summed E-state index contributed by atoms with van der Waals surface area (Å²) in [5, 5.41) is 12.1. The summed E-state index contributed by atoms with van der Waals surface area (Å²) in [6.07, 6.45) is 0. The van der Waals surface area contributed by atoms with E-state index in [1.807, 2.05) is 58.3 Å². The molecule has 28 heavy (non-hydrogen) atoms. The lowest BCUT2D eigenvalue weighted by atomic mass is 10.1. The second-order valence-electron chi connectivity index (χ2n) is 6.53. The monoisotopic (exact) mass is 411 g/mol. The number of carbonyl (C=O) groups excluding carboxylic acids is 1. The maximum absolute atomic E-state index is 13.1. The van der Waals surface area contributed by atoms with Crippen LogP contribution in [0.2, 0.25) is 0 Å². The van der Waals surface area contributed by atoms with Gasteiger partial charge in [0.15, 0.2) is 0 Å². The van der Waals surface area contributed by atoms with Gasteiger partial charge in [-0.1, -0.05) is 24.3 Å². The Bertz CT molecular complexity index is 938. The summed E-state index contributed by atoms with van der Waals surface area (Å²) in [5.41, 5.74) is 4.44. The van der Waals surface area contributed by atoms with Gasteiger partial charge in [0.2, 0.25) is 0 Å². The lowest BCUT2D eigenvalue weighted by Crippen LogP contribution is -2.48. The van der Waals surface area contributed by atoms with Crippen molar-refractivity contribution in [2.75, 3.05) is 31.1 Å². The molecule has 0 aliphatic carbocycles. The summed E-state index contributed by atoms with van der Waals surface area (Å²) in [6, 6.07) is 15.1. The van der Waals surface area contributed by atoms with Crippen LogP contribution in [0.25, 0.3) is 0 Å². The number of nitrogens with zero attached hydrogens (tertiary/aromatic N) is 3. The van der Waals surface area contributed by atoms with Crippen LogP contribution in [0.15, 0.2) is 64.3 Å². The van der Waals surface area contributed by atoms with Crippen LogP contribution in [-0.4, -0.2) is 47.1 Å². The van der Waals surface area contributed by atoms with Crippen molar-refractivity contribution in [3.05, 3.63) is 70.7 Å². The smallest absolute Gasteiger partial charge is 0.255 e. The van der Waals surface area contributed by atoms with E-state index < -0.39 is 0 Å². The number of phenols is 1. The van der Waals surface area contributed by atoms with Crippen LogP contribution < -0.4 is 4.90 Å². The predicted octanol–water partition coefficient (Wildman–Crippen LogP) is 4.10. The van der Waals surface area contributed by atoms with Crippen LogP contribution in [0.3, 0.4) is 0 Å². The first kappa shape index (κ1) is 18.8. The normalized spacial score (nSPS) is 14.3. The highest BCUT2D eigenvalue weighted by atomic mass is 32.2. The maximum Gasteiger partial charge on any atom is 0.255 e. The molecule has 0 radical (unpaired) electrons. The molecule has 3 aromatic rings. The summed E-state index contributed by atoms with van der Waals surface area (Å²) in [6.45, 7) is 2.69. The summed E-state index contributed by atoms with van der Waals surface area (Å²) in [7, 11) is 0. The van der Waals surface area contributed by atoms with Crippen molar-refractivity contribution in [3.63, 3.8) is 0 Å². The van der Waals surface area contributed by atoms with Gasteiger partial charge in [0, 0.05) is 42.2 Å². The third kappa shape index (κ3) is 4.15. The van der Waals surface area contributed by atoms with Crippen molar-refractivity contribution in [2.45, 2.75) is 10.6 Å². The van der Waals surface area contributed by atoms with Crippen LogP contribution in [-0.2, 0) is 5.75 Å². The molecule has 1 amide bonds. The zero-order valence-electron chi connectivity index (χ0n) is 15.3. The van der Waals surface area contributed by atoms with Gasteiger partial charge in [0.25, 0.3) is 5.91 Å². The molecule has 2 heterocycles. The average molecular weight is 412 g/mol. The van der Waals surface area contributed by atoms with Gasteiger partial charge < -0.3 is 14.9 Å². The number of benzene rings is 2. The molecule has 4 rings (SSSR count). The number of hydrogen-bond acceptors (Lipinski definition) is 6. The summed E-state index contributed by atoms with van der Waals surface area (Å²) >= 11 is 3.23. The summed E-state index contributed by atoms with van der Waals surface area (Å²) in [4.78, 5) is 22.5. The fraction of sp³-hybridized carbons (Fsp3) is 0.238. The predicted molar refractivity (Wildman–Crippen MR) is 114 cm³/mol. The zero-order valence-corrected chi connectivity index (χ0v) is 17.0. The van der Waals surface area contributed by atoms with E-state index in [-0.39, 0.29) is 11.7 Å². The van der Waals surface area contributed by atoms with Crippen molar-refractivity contribution in [3.8, 4) is 5.75 Å². The minimum Gasteiger partial charge on any atom is -0.506 e. The number of anilines is 1. The number of thioether (sulfide) groups is 1. The van der Waals surface area contributed by atoms with E-state index >= 15 is 0 Å². The molecule has 1 aromatic heterocycles. The van der Waals surface area contributed by atoms with Gasteiger partial charge in [-0.3, -0.25) is 4.79 Å². The van der Waals surface area contributed by atoms with Gasteiger partial charge in [0.1, 0.15) is 5.75 Å². The standard InChI is InChI=1S/C21H21N3O2S2/c25-19-7-3-2-6-18(19)23-9-11-24(12-10-23)21(26)17-5-1-4-8-20(17)28-14-16-13-27-15-22-16/h1-8,13,15,25H,9-12,14H2. The van der Waals surface area contributed by atoms with E-state index in [1.165, 1.54) is 0 Å². The second kappa shape index (κ2) is 8.67. The quantitative estimate of drug-likeness (QED) is 0.641. The highest BCUT2D eigenvalue weighted by Gasteiger charge is 2.24. The van der Waals surface area contributed by atoms with Crippen molar-refractivity contribution >= 4 is 34.7 Å². The maximum atomic E-state index is 13.1. The molecular weight excluding hydrogens is 390 g/mol. The fourth-order valence-electron chi connectivity index (χ4n) is 3.28. The largest absolute Gasteiger partial charge is 0.506 e. The molecule has 7 heteroatoms. The molecular formula is C21H21N3O2S2. The van der Waals surface area contributed by atoms with Gasteiger partial charge in [-0.05, 0) is 24.3 Å². The van der Waals surface area contributed by atoms with Crippen molar-refractivity contribution in [2.24, 2.45) is 0 Å². The van der Waals surface area contributed by atoms with E-state index in [2.05, 4.69) is 9.88 Å². The van der Waals surface area contributed by atoms with Crippen molar-refractivity contribution < 1.29 is 9.90 Å². The summed E-state index contributed by atoms with van der Waals surface area (Å²) in [5.74, 6) is 1.11. The Morgan fingerprint density at radius 1 is 1.07 bits per heavy atom. The molecule has 5 nitrogen and oxygen atoms in total. The second-order valence-corrected chi connectivity index (χ2v) is 8.27. The highest BCUT2D eigenvalue weighted by Crippen LogP contribution is 2.29. The fourth-order valence-corrected chi connectivity index (χ4v) is 4.89. The molecule has 1 saturated heterocycles. The van der Waals surface area contributed by atoms with Gasteiger partial charge in [-0.25, -0.2) is 4.98 Å². The SMILES string of the molecule is O=C(c1ccccc1SCc1cscn1)N1CCN(c2ccccc2O)CC1. The van der Waals surface area contributed by atoms with E-state index in [4.69, 9.17) is 0 Å². The number of amides is 1. The molecule has 0 saturated carbocycles. The Morgan fingerprint density at radius 3 is 2.57 bits per heavy atom. The van der Waals surface area contributed by atoms with Crippen LogP contribution in [0.4, 0.5) is 5.69 Å². The van der Waals surface area contributed by atoms with Gasteiger partial charge in [-0.15, -0.1) is 23.1 Å². The van der Waals surface area contributed by atoms with Crippen LogP contribution >= 0.6 is 23.1 Å². The van der Waals surface area contributed by atoms with E-state index in [0.29, 0.717) is 26.2 Å². The number of thiazole rings is 1. The Hall–Kier alpha value is -2.51. The van der Waals surface area contributed by atoms with Gasteiger partial charge >= 0.3 is 0 Å². The van der Waals surface area contributed by atoms with Gasteiger partial charge in [-0.2, -0.15) is 0 Å². The number of carbonyl (C=O) groups is 1. The minimum atomic E-state index is 0.0679. The third-order valence-electron chi connectivity index (χ3n) is 4.77. The number of phenolic OH excluding ortho intramolecular Hbond substituents is 1. The van der Waals surface area contributed by atoms with E-state index in [1.54, 1.807) is 29.2 Å². The highest BCUT2D eigenvalue weighted by molar-refractivity contribution is 7.98. The van der Waals surface area contributed by atoms with E-state index in [9.17, 15) is 9.90 Å². The number of hydrogen-bond donors (Lipinski definition) is 1. The number of aromatic nitrogens is 1. The van der Waals surface area contributed by atoms with Gasteiger partial charge in [0.05, 0.1) is 22.5 Å². The summed E-state index contributed by atoms with van der Waals surface area (Å²) < 4.78 is 0. The van der Waals surface area contributed by atoms with Crippen molar-refractivity contribution in [1.82, 2.24) is 9.88 Å². The first-order valence-electron chi connectivity index (χ1n) is 9.13. The number of para-hydroxylation sites is 2. The first-order chi connectivity index (χ1) is 13.7. The minimum absolute atomic E-state index is 0.0679. The lowest BCUT2D eigenvalue weighted by Gasteiger charge is -2.36. The molecule has 1 aliphatic rings. The Kier molecular flexibility index (Phi) is 5.83. The zero-order chi connectivity index (χ0) is 19.3. The molecule has 1 aliphatic heterocycles. The molecule has 144 valence electrons. The van der Waals surface area contributed by atoms with Crippen molar-refractivity contribution in [1.29, 1.82) is 0 Å². The Morgan fingerprint density at radius 2 is 1.82 bits per heavy atom.